The largest absolute Gasteiger partial charge is 0.462 e. The minimum absolute atomic E-state index is 0.107. The van der Waals surface area contributed by atoms with E-state index in [1.807, 2.05) is 0 Å². The Morgan fingerprint density at radius 3 is 1.44 bits per heavy atom. The molecule has 3 heteroatoms. The quantitative estimate of drug-likeness (QED) is 0.0686. The first-order chi connectivity index (χ1) is 20.1. The second kappa shape index (κ2) is 24.8. The minimum atomic E-state index is 0.107. The van der Waals surface area contributed by atoms with Gasteiger partial charge in [-0.25, -0.2) is 0 Å². The van der Waals surface area contributed by atoms with Gasteiger partial charge in [0, 0.05) is 0 Å². The highest BCUT2D eigenvalue weighted by molar-refractivity contribution is 5.72. The van der Waals surface area contributed by atoms with E-state index < -0.39 is 0 Å². The number of carbonyl (C=O) groups excluding carboxylic acids is 1. The molecule has 242 valence electrons. The van der Waals surface area contributed by atoms with Crippen LogP contribution in [0.15, 0.2) is 0 Å². The van der Waals surface area contributed by atoms with Crippen LogP contribution in [0.4, 0.5) is 0 Å². The van der Waals surface area contributed by atoms with Crippen molar-refractivity contribution in [3.63, 3.8) is 0 Å². The molecule has 0 spiro atoms. The molecular formula is C38H73NO2. The highest BCUT2D eigenvalue weighted by Crippen LogP contribution is 2.45. The number of ether oxygens (including phenoxy) is 1. The van der Waals surface area contributed by atoms with Gasteiger partial charge in [-0.15, -0.1) is 0 Å². The summed E-state index contributed by atoms with van der Waals surface area (Å²) in [5.74, 6) is 2.38. The van der Waals surface area contributed by atoms with Crippen LogP contribution in [0.5, 0.6) is 0 Å². The molecule has 0 aromatic rings. The van der Waals surface area contributed by atoms with Crippen molar-refractivity contribution in [1.82, 2.24) is 4.90 Å². The molecule has 0 N–H and O–H groups in total. The maximum Gasteiger partial charge on any atom is 0.309 e. The van der Waals surface area contributed by atoms with Gasteiger partial charge in [0.05, 0.1) is 5.92 Å². The molecule has 1 saturated carbocycles. The average Bonchev–Trinajstić information content (AvgIpc) is 3.73. The van der Waals surface area contributed by atoms with Gasteiger partial charge in [-0.2, -0.15) is 0 Å². The van der Waals surface area contributed by atoms with E-state index in [1.54, 1.807) is 0 Å². The molecule has 1 aliphatic heterocycles. The Morgan fingerprint density at radius 2 is 1.00 bits per heavy atom. The topological polar surface area (TPSA) is 29.5 Å². The van der Waals surface area contributed by atoms with Gasteiger partial charge >= 0.3 is 5.97 Å². The van der Waals surface area contributed by atoms with Gasteiger partial charge < -0.3 is 9.64 Å². The Labute approximate surface area is 257 Å². The number of rotatable bonds is 28. The summed E-state index contributed by atoms with van der Waals surface area (Å²) < 4.78 is 6.19. The van der Waals surface area contributed by atoms with Gasteiger partial charge in [0.25, 0.3) is 0 Å². The summed E-state index contributed by atoms with van der Waals surface area (Å²) in [5.41, 5.74) is 0. The number of hydrogen-bond acceptors (Lipinski definition) is 3. The minimum Gasteiger partial charge on any atom is -0.462 e. The summed E-state index contributed by atoms with van der Waals surface area (Å²) in [6.45, 7) is 6.66. The predicted molar refractivity (Wildman–Crippen MR) is 178 cm³/mol. The lowest BCUT2D eigenvalue weighted by atomic mass is 9.97. The number of nitrogens with zero attached hydrogens (tertiary/aromatic N) is 1. The Morgan fingerprint density at radius 1 is 0.610 bits per heavy atom. The number of unbranched alkanes of at least 4 members (excludes halogenated alkanes) is 18. The lowest BCUT2D eigenvalue weighted by Gasteiger charge is -2.29. The molecule has 0 radical (unpaired) electrons. The fraction of sp³-hybridized carbons (Fsp3) is 0.974. The number of carbonyl (C=O) groups is 1. The van der Waals surface area contributed by atoms with Crippen molar-refractivity contribution < 1.29 is 9.53 Å². The smallest absolute Gasteiger partial charge is 0.309 e. The van der Waals surface area contributed by atoms with Crippen molar-refractivity contribution in [1.29, 1.82) is 0 Å². The van der Waals surface area contributed by atoms with E-state index >= 15 is 0 Å². The molecule has 1 heterocycles. The van der Waals surface area contributed by atoms with Gasteiger partial charge in [-0.05, 0) is 76.9 Å². The average molecular weight is 576 g/mol. The van der Waals surface area contributed by atoms with Crippen LogP contribution in [-0.4, -0.2) is 37.1 Å². The first-order valence-electron chi connectivity index (χ1n) is 19.0. The second-order valence-electron chi connectivity index (χ2n) is 14.3. The van der Waals surface area contributed by atoms with Crippen molar-refractivity contribution in [3.05, 3.63) is 0 Å². The molecule has 0 bridgehead atoms. The van der Waals surface area contributed by atoms with Crippen molar-refractivity contribution in [3.8, 4) is 0 Å². The molecule has 3 atom stereocenters. The zero-order valence-electron chi connectivity index (χ0n) is 28.3. The molecule has 0 amide bonds. The van der Waals surface area contributed by atoms with E-state index in [2.05, 4.69) is 25.8 Å². The maximum absolute atomic E-state index is 13.0. The zero-order chi connectivity index (χ0) is 29.4. The Kier molecular flexibility index (Phi) is 22.2. The maximum atomic E-state index is 13.0. The van der Waals surface area contributed by atoms with Crippen molar-refractivity contribution >= 4 is 5.97 Å². The van der Waals surface area contributed by atoms with Crippen LogP contribution >= 0.6 is 0 Å². The Balaban J connectivity index is 1.52. The van der Waals surface area contributed by atoms with E-state index in [1.165, 1.54) is 154 Å². The van der Waals surface area contributed by atoms with E-state index in [0.717, 1.165) is 50.6 Å². The second-order valence-corrected chi connectivity index (χ2v) is 14.3. The summed E-state index contributed by atoms with van der Waals surface area (Å²) in [6, 6.07) is 0. The zero-order valence-corrected chi connectivity index (χ0v) is 28.3. The fourth-order valence-electron chi connectivity index (χ4n) is 7.14. The van der Waals surface area contributed by atoms with Crippen LogP contribution in [0.25, 0.3) is 0 Å². The lowest BCUT2D eigenvalue weighted by Crippen LogP contribution is -2.35. The van der Waals surface area contributed by atoms with Crippen LogP contribution in [0.3, 0.4) is 0 Å². The third-order valence-electron chi connectivity index (χ3n) is 10.3. The number of esters is 1. The standard InChI is InChI=1S/C38H73NO2/c1-4-6-8-10-12-13-14-15-19-23-27-37(41-38(40)34-29-31-39(3)32-30-34)28-24-20-16-18-22-26-36-33-35(36)25-21-17-11-9-7-5-2/h34-37H,4-33H2,1-3H3. The number of piperidine rings is 1. The lowest BCUT2D eigenvalue weighted by molar-refractivity contribution is -0.156. The highest BCUT2D eigenvalue weighted by Gasteiger charge is 2.35. The van der Waals surface area contributed by atoms with E-state index in [-0.39, 0.29) is 18.0 Å². The molecule has 2 aliphatic rings. The summed E-state index contributed by atoms with van der Waals surface area (Å²) in [7, 11) is 2.16. The highest BCUT2D eigenvalue weighted by atomic mass is 16.5. The SMILES string of the molecule is CCCCCCCCCCCCC(CCCCCCCC1CC1CCCCCCCC)OC(=O)C1CCN(C)CC1. The molecule has 3 unspecified atom stereocenters. The van der Waals surface area contributed by atoms with Crippen LogP contribution in [0, 0.1) is 17.8 Å². The van der Waals surface area contributed by atoms with Crippen molar-refractivity contribution in [2.75, 3.05) is 20.1 Å². The Hall–Kier alpha value is -0.570. The van der Waals surface area contributed by atoms with Gasteiger partial charge in [-0.3, -0.25) is 4.79 Å². The summed E-state index contributed by atoms with van der Waals surface area (Å²) >= 11 is 0. The first kappa shape index (κ1) is 36.6. The van der Waals surface area contributed by atoms with Crippen molar-refractivity contribution in [2.24, 2.45) is 17.8 Å². The third kappa shape index (κ3) is 19.4. The molecule has 3 nitrogen and oxygen atoms in total. The van der Waals surface area contributed by atoms with E-state index in [0.29, 0.717) is 0 Å². The van der Waals surface area contributed by atoms with Gasteiger partial charge in [0.1, 0.15) is 6.10 Å². The van der Waals surface area contributed by atoms with Crippen LogP contribution in [0.2, 0.25) is 0 Å². The molecule has 1 saturated heterocycles. The van der Waals surface area contributed by atoms with Gasteiger partial charge in [-0.1, -0.05) is 149 Å². The van der Waals surface area contributed by atoms with Crippen LogP contribution < -0.4 is 0 Å². The third-order valence-corrected chi connectivity index (χ3v) is 10.3. The first-order valence-corrected chi connectivity index (χ1v) is 19.0. The fourth-order valence-corrected chi connectivity index (χ4v) is 7.14. The van der Waals surface area contributed by atoms with Crippen molar-refractivity contribution in [2.45, 2.75) is 200 Å². The normalized spacial score (nSPS) is 20.4. The van der Waals surface area contributed by atoms with E-state index in [4.69, 9.17) is 4.74 Å². The molecular weight excluding hydrogens is 502 g/mol. The molecule has 2 fully saturated rings. The molecule has 41 heavy (non-hydrogen) atoms. The monoisotopic (exact) mass is 576 g/mol. The predicted octanol–water partition coefficient (Wildman–Crippen LogP) is 11.7. The summed E-state index contributed by atoms with van der Waals surface area (Å²) in [5, 5.41) is 0. The summed E-state index contributed by atoms with van der Waals surface area (Å²) in [6.07, 6.45) is 37.8. The molecule has 0 aromatic heterocycles. The molecule has 1 aliphatic carbocycles. The number of likely N-dealkylation sites (tertiary alicyclic amines) is 1. The van der Waals surface area contributed by atoms with E-state index in [9.17, 15) is 4.79 Å². The van der Waals surface area contributed by atoms with Gasteiger partial charge in [0.2, 0.25) is 0 Å². The Bertz CT molecular complexity index is 599. The van der Waals surface area contributed by atoms with Crippen LogP contribution in [0.1, 0.15) is 194 Å². The number of hydrogen-bond donors (Lipinski definition) is 0. The molecule has 2 rings (SSSR count). The van der Waals surface area contributed by atoms with Gasteiger partial charge in [0.15, 0.2) is 0 Å². The van der Waals surface area contributed by atoms with Crippen LogP contribution in [-0.2, 0) is 9.53 Å². The summed E-state index contributed by atoms with van der Waals surface area (Å²) in [4.78, 5) is 15.3. The molecule has 0 aromatic carbocycles.